The molecule has 134 valence electrons. The maximum Gasteiger partial charge on any atom is 0.410 e. The lowest BCUT2D eigenvalue weighted by atomic mass is 9.88. The molecule has 2 bridgehead atoms. The lowest BCUT2D eigenvalue weighted by Crippen LogP contribution is -2.36. The van der Waals surface area contributed by atoms with Crippen molar-refractivity contribution in [1.82, 2.24) is 4.90 Å². The van der Waals surface area contributed by atoms with Gasteiger partial charge >= 0.3 is 6.09 Å². The lowest BCUT2D eigenvalue weighted by molar-refractivity contribution is 0.0874. The second-order valence-corrected chi connectivity index (χ2v) is 7.75. The first-order valence-corrected chi connectivity index (χ1v) is 9.52. The fourth-order valence-corrected chi connectivity index (χ4v) is 5.00. The predicted molar refractivity (Wildman–Crippen MR) is 98.9 cm³/mol. The SMILES string of the molecule is O=C(OCC1c2ccccc2-c2ccccc21)N1CC2CC1CCC2O. The Morgan fingerprint density at radius 1 is 1.04 bits per heavy atom. The first-order valence-electron chi connectivity index (χ1n) is 9.52. The van der Waals surface area contributed by atoms with Crippen LogP contribution in [0.15, 0.2) is 48.5 Å². The van der Waals surface area contributed by atoms with Crippen LogP contribution in [0, 0.1) is 5.92 Å². The summed E-state index contributed by atoms with van der Waals surface area (Å²) >= 11 is 0. The zero-order valence-electron chi connectivity index (χ0n) is 14.7. The van der Waals surface area contributed by atoms with Crippen molar-refractivity contribution in [3.63, 3.8) is 0 Å². The average Bonchev–Trinajstić information content (AvgIpc) is 3.20. The van der Waals surface area contributed by atoms with Crippen molar-refractivity contribution in [2.24, 2.45) is 5.92 Å². The van der Waals surface area contributed by atoms with E-state index in [2.05, 4.69) is 36.4 Å². The van der Waals surface area contributed by atoms with Crippen molar-refractivity contribution in [3.05, 3.63) is 59.7 Å². The summed E-state index contributed by atoms with van der Waals surface area (Å²) in [6, 6.07) is 17.0. The van der Waals surface area contributed by atoms with Crippen molar-refractivity contribution in [2.45, 2.75) is 37.3 Å². The Balaban J connectivity index is 1.34. The largest absolute Gasteiger partial charge is 0.448 e. The molecule has 1 N–H and O–H groups in total. The van der Waals surface area contributed by atoms with Gasteiger partial charge in [-0.3, -0.25) is 0 Å². The molecular weight excluding hydrogens is 326 g/mol. The first-order chi connectivity index (χ1) is 12.7. The van der Waals surface area contributed by atoms with Crippen molar-refractivity contribution >= 4 is 6.09 Å². The van der Waals surface area contributed by atoms with Gasteiger partial charge in [0.15, 0.2) is 0 Å². The molecule has 2 aromatic carbocycles. The van der Waals surface area contributed by atoms with E-state index in [0.29, 0.717) is 13.2 Å². The van der Waals surface area contributed by atoms with Crippen LogP contribution in [0.5, 0.6) is 0 Å². The molecule has 3 unspecified atom stereocenters. The maximum absolute atomic E-state index is 12.7. The number of nitrogens with zero attached hydrogens (tertiary/aromatic N) is 1. The Labute approximate surface area is 153 Å². The minimum atomic E-state index is -0.266. The van der Waals surface area contributed by atoms with Gasteiger partial charge in [0.2, 0.25) is 0 Å². The molecule has 3 aliphatic rings. The highest BCUT2D eigenvalue weighted by Gasteiger charge is 2.43. The molecule has 26 heavy (non-hydrogen) atoms. The van der Waals surface area contributed by atoms with Crippen LogP contribution in [-0.4, -0.2) is 41.4 Å². The molecule has 2 aliphatic carbocycles. The second-order valence-electron chi connectivity index (χ2n) is 7.75. The maximum atomic E-state index is 12.7. The van der Waals surface area contributed by atoms with Gasteiger partial charge in [-0.05, 0) is 41.5 Å². The molecule has 1 heterocycles. The van der Waals surface area contributed by atoms with Crippen molar-refractivity contribution in [1.29, 1.82) is 0 Å². The van der Waals surface area contributed by atoms with Crippen molar-refractivity contribution in [2.75, 3.05) is 13.2 Å². The van der Waals surface area contributed by atoms with Gasteiger partial charge in [0.1, 0.15) is 6.61 Å². The number of aliphatic hydroxyl groups is 1. The van der Waals surface area contributed by atoms with Gasteiger partial charge in [0, 0.05) is 24.4 Å². The highest BCUT2D eigenvalue weighted by atomic mass is 16.6. The molecule has 2 aromatic rings. The highest BCUT2D eigenvalue weighted by molar-refractivity contribution is 5.79. The molecule has 5 rings (SSSR count). The lowest BCUT2D eigenvalue weighted by Gasteiger charge is -2.26. The fourth-order valence-electron chi connectivity index (χ4n) is 5.00. The van der Waals surface area contributed by atoms with E-state index in [4.69, 9.17) is 4.74 Å². The van der Waals surface area contributed by atoms with Crippen LogP contribution in [0.25, 0.3) is 11.1 Å². The summed E-state index contributed by atoms with van der Waals surface area (Å²) in [6.45, 7) is 0.992. The number of aliphatic hydroxyl groups excluding tert-OH is 1. The van der Waals surface area contributed by atoms with Gasteiger partial charge < -0.3 is 14.7 Å². The van der Waals surface area contributed by atoms with Crippen LogP contribution < -0.4 is 0 Å². The molecular formula is C22H23NO3. The molecule has 0 aromatic heterocycles. The second kappa shape index (κ2) is 6.13. The third-order valence-electron chi connectivity index (χ3n) is 6.36. The van der Waals surface area contributed by atoms with Crippen molar-refractivity contribution < 1.29 is 14.6 Å². The van der Waals surface area contributed by atoms with Gasteiger partial charge in [-0.25, -0.2) is 4.79 Å². The van der Waals surface area contributed by atoms with E-state index in [0.717, 1.165) is 19.3 Å². The van der Waals surface area contributed by atoms with E-state index < -0.39 is 0 Å². The van der Waals surface area contributed by atoms with Gasteiger partial charge in [-0.2, -0.15) is 0 Å². The molecule has 3 atom stereocenters. The van der Waals surface area contributed by atoms with E-state index >= 15 is 0 Å². The summed E-state index contributed by atoms with van der Waals surface area (Å²) in [6.07, 6.45) is 2.08. The van der Waals surface area contributed by atoms with Crippen LogP contribution >= 0.6 is 0 Å². The van der Waals surface area contributed by atoms with Gasteiger partial charge in [0.25, 0.3) is 0 Å². The van der Waals surface area contributed by atoms with Gasteiger partial charge in [-0.1, -0.05) is 48.5 Å². The van der Waals surface area contributed by atoms with Crippen LogP contribution in [0.1, 0.15) is 36.3 Å². The summed E-state index contributed by atoms with van der Waals surface area (Å²) in [4.78, 5) is 14.5. The van der Waals surface area contributed by atoms with Crippen LogP contribution in [0.2, 0.25) is 0 Å². The Kier molecular flexibility index (Phi) is 3.75. The number of benzene rings is 2. The third kappa shape index (κ3) is 2.43. The van der Waals surface area contributed by atoms with E-state index in [9.17, 15) is 9.90 Å². The van der Waals surface area contributed by atoms with Gasteiger partial charge in [-0.15, -0.1) is 0 Å². The van der Waals surface area contributed by atoms with Gasteiger partial charge in [0.05, 0.1) is 6.10 Å². The van der Waals surface area contributed by atoms with Crippen LogP contribution in [0.3, 0.4) is 0 Å². The Hall–Kier alpha value is -2.33. The summed E-state index contributed by atoms with van der Waals surface area (Å²) < 4.78 is 5.77. The molecule has 1 saturated carbocycles. The zero-order valence-corrected chi connectivity index (χ0v) is 14.7. The first kappa shape index (κ1) is 15.9. The molecule has 1 aliphatic heterocycles. The van der Waals surface area contributed by atoms with Crippen LogP contribution in [-0.2, 0) is 4.74 Å². The smallest absolute Gasteiger partial charge is 0.410 e. The van der Waals surface area contributed by atoms with Crippen molar-refractivity contribution in [3.8, 4) is 11.1 Å². The predicted octanol–water partition coefficient (Wildman–Crippen LogP) is 3.78. The Morgan fingerprint density at radius 2 is 1.69 bits per heavy atom. The number of likely N-dealkylation sites (tertiary alicyclic amines) is 1. The molecule has 1 amide bonds. The normalized spacial score (nSPS) is 26.5. The Morgan fingerprint density at radius 3 is 2.35 bits per heavy atom. The molecule has 0 spiro atoms. The highest BCUT2D eigenvalue weighted by Crippen LogP contribution is 2.44. The minimum Gasteiger partial charge on any atom is -0.448 e. The molecule has 2 fully saturated rings. The minimum absolute atomic E-state index is 0.0962. The van der Waals surface area contributed by atoms with Crippen LogP contribution in [0.4, 0.5) is 4.79 Å². The monoisotopic (exact) mass is 349 g/mol. The number of ether oxygens (including phenoxy) is 1. The number of carbonyl (C=O) groups excluding carboxylic acids is 1. The number of amides is 1. The number of hydrogen-bond donors (Lipinski definition) is 1. The fraction of sp³-hybridized carbons (Fsp3) is 0.409. The quantitative estimate of drug-likeness (QED) is 0.898. The van der Waals surface area contributed by atoms with E-state index in [-0.39, 0.29) is 30.1 Å². The Bertz CT molecular complexity index is 803. The number of fused-ring (bicyclic) bond motifs is 5. The average molecular weight is 349 g/mol. The van der Waals surface area contributed by atoms with E-state index in [1.54, 1.807) is 0 Å². The summed E-state index contributed by atoms with van der Waals surface area (Å²) in [5, 5.41) is 10.0. The summed E-state index contributed by atoms with van der Waals surface area (Å²) in [5.74, 6) is 0.313. The number of carbonyl (C=O) groups is 1. The summed E-state index contributed by atoms with van der Waals surface area (Å²) in [5.41, 5.74) is 4.95. The topological polar surface area (TPSA) is 49.8 Å². The molecule has 4 heteroatoms. The van der Waals surface area contributed by atoms with E-state index in [1.807, 2.05) is 17.0 Å². The third-order valence-corrected chi connectivity index (χ3v) is 6.36. The molecule has 0 radical (unpaired) electrons. The zero-order chi connectivity index (χ0) is 17.7. The number of hydrogen-bond acceptors (Lipinski definition) is 3. The standard InChI is InChI=1S/C22H23NO3/c24-21-10-9-15-11-14(21)12-23(15)22(25)26-13-20-18-7-3-1-5-16(18)17-6-2-4-8-19(17)20/h1-8,14-15,20-21,24H,9-13H2. The number of rotatable bonds is 2. The summed E-state index contributed by atoms with van der Waals surface area (Å²) in [7, 11) is 0. The molecule has 4 nitrogen and oxygen atoms in total. The van der Waals surface area contributed by atoms with E-state index in [1.165, 1.54) is 22.3 Å². The molecule has 1 saturated heterocycles.